The van der Waals surface area contributed by atoms with Crippen LogP contribution in [-0.2, 0) is 6.42 Å². The third-order valence-corrected chi connectivity index (χ3v) is 2.17. The highest BCUT2D eigenvalue weighted by Crippen LogP contribution is 2.04. The maximum atomic E-state index is 2.77. The van der Waals surface area contributed by atoms with E-state index in [1.165, 1.54) is 31.0 Å². The molecule has 0 saturated heterocycles. The van der Waals surface area contributed by atoms with Gasteiger partial charge in [-0.2, -0.15) is 0 Å². The van der Waals surface area contributed by atoms with Crippen molar-refractivity contribution in [1.82, 2.24) is 0 Å². The summed E-state index contributed by atoms with van der Waals surface area (Å²) in [5, 5.41) is 0. The molecule has 0 nitrogen and oxygen atoms in total. The van der Waals surface area contributed by atoms with Gasteiger partial charge >= 0.3 is 0 Å². The average molecular weight is 166 g/mol. The Morgan fingerprint density at radius 2 is 1.73 bits per heavy atom. The number of unbranched alkanes of at least 4 members (excludes halogenated alkanes) is 1. The zero-order valence-corrected chi connectivity index (χ0v) is 7.95. The van der Waals surface area contributed by atoms with Gasteiger partial charge in [-0.15, -0.1) is 9.24 Å². The van der Waals surface area contributed by atoms with Crippen molar-refractivity contribution in [3.63, 3.8) is 0 Å². The van der Waals surface area contributed by atoms with E-state index in [1.54, 1.807) is 0 Å². The summed E-state index contributed by atoms with van der Waals surface area (Å²) in [7, 11) is 2.77. The van der Waals surface area contributed by atoms with Gasteiger partial charge in [0.25, 0.3) is 0 Å². The van der Waals surface area contributed by atoms with Gasteiger partial charge in [-0.05, 0) is 31.0 Å². The summed E-state index contributed by atoms with van der Waals surface area (Å²) < 4.78 is 0. The standard InChI is InChI=1S/C10H15P/c11-9-5-4-8-10-6-2-1-3-7-10/h1-3,6-7H,4-5,8-9,11H2. The first-order valence-electron chi connectivity index (χ1n) is 4.17. The van der Waals surface area contributed by atoms with Crippen molar-refractivity contribution in [2.45, 2.75) is 19.3 Å². The summed E-state index contributed by atoms with van der Waals surface area (Å²) in [4.78, 5) is 0. The van der Waals surface area contributed by atoms with E-state index < -0.39 is 0 Å². The summed E-state index contributed by atoms with van der Waals surface area (Å²) in [5.41, 5.74) is 1.46. The molecule has 0 aliphatic heterocycles. The Bertz CT molecular complexity index is 181. The molecule has 1 aromatic rings. The van der Waals surface area contributed by atoms with Gasteiger partial charge in [0, 0.05) is 0 Å². The Morgan fingerprint density at radius 3 is 2.36 bits per heavy atom. The van der Waals surface area contributed by atoms with Crippen molar-refractivity contribution in [1.29, 1.82) is 0 Å². The van der Waals surface area contributed by atoms with Crippen LogP contribution in [0.1, 0.15) is 18.4 Å². The Labute approximate surface area is 71.2 Å². The molecular formula is C10H15P. The number of rotatable bonds is 4. The summed E-state index contributed by atoms with van der Waals surface area (Å²) in [6.07, 6.45) is 5.09. The highest BCUT2D eigenvalue weighted by Gasteiger charge is 1.89. The maximum Gasteiger partial charge on any atom is -0.0279 e. The third-order valence-electron chi connectivity index (χ3n) is 1.76. The van der Waals surface area contributed by atoms with Gasteiger partial charge < -0.3 is 0 Å². The Balaban J connectivity index is 2.28. The van der Waals surface area contributed by atoms with Crippen molar-refractivity contribution < 1.29 is 0 Å². The van der Waals surface area contributed by atoms with Gasteiger partial charge in [0.1, 0.15) is 0 Å². The molecule has 0 bridgehead atoms. The van der Waals surface area contributed by atoms with Crippen LogP contribution in [-0.4, -0.2) is 6.16 Å². The van der Waals surface area contributed by atoms with E-state index in [4.69, 9.17) is 0 Å². The zero-order chi connectivity index (χ0) is 7.94. The minimum absolute atomic E-state index is 1.23. The minimum atomic E-state index is 1.23. The summed E-state index contributed by atoms with van der Waals surface area (Å²) >= 11 is 0. The molecule has 0 amide bonds. The van der Waals surface area contributed by atoms with Crippen molar-refractivity contribution in [2.75, 3.05) is 6.16 Å². The van der Waals surface area contributed by atoms with Crippen molar-refractivity contribution in [3.05, 3.63) is 35.9 Å². The summed E-state index contributed by atoms with van der Waals surface area (Å²) in [6, 6.07) is 10.7. The molecule has 1 aromatic carbocycles. The molecule has 0 heterocycles. The highest BCUT2D eigenvalue weighted by molar-refractivity contribution is 7.16. The number of aryl methyl sites for hydroxylation is 1. The molecule has 60 valence electrons. The second kappa shape index (κ2) is 5.32. The molecule has 1 unspecified atom stereocenters. The average Bonchev–Trinajstić information content (AvgIpc) is 2.07. The molecule has 0 aliphatic rings. The van der Waals surface area contributed by atoms with Gasteiger partial charge in [0.2, 0.25) is 0 Å². The molecule has 0 fully saturated rings. The molecule has 0 N–H and O–H groups in total. The molecule has 1 atom stereocenters. The van der Waals surface area contributed by atoms with Crippen molar-refractivity contribution in [2.24, 2.45) is 0 Å². The van der Waals surface area contributed by atoms with E-state index in [0.29, 0.717) is 0 Å². The van der Waals surface area contributed by atoms with Crippen molar-refractivity contribution >= 4 is 9.24 Å². The quantitative estimate of drug-likeness (QED) is 0.476. The largest absolute Gasteiger partial charge is 0.138 e. The van der Waals surface area contributed by atoms with Crippen molar-refractivity contribution in [3.8, 4) is 0 Å². The lowest BCUT2D eigenvalue weighted by molar-refractivity contribution is 0.803. The van der Waals surface area contributed by atoms with Crippen LogP contribution < -0.4 is 0 Å². The first-order valence-corrected chi connectivity index (χ1v) is 4.99. The van der Waals surface area contributed by atoms with E-state index in [0.717, 1.165) is 0 Å². The monoisotopic (exact) mass is 166 g/mol. The molecule has 0 aliphatic carbocycles. The predicted molar refractivity (Wildman–Crippen MR) is 54.0 cm³/mol. The molecule has 0 radical (unpaired) electrons. The predicted octanol–water partition coefficient (Wildman–Crippen LogP) is 2.88. The van der Waals surface area contributed by atoms with Crippen LogP contribution in [0.3, 0.4) is 0 Å². The first-order chi connectivity index (χ1) is 5.43. The molecule has 1 heteroatoms. The SMILES string of the molecule is PCCCCc1ccccc1. The fraction of sp³-hybridized carbons (Fsp3) is 0.400. The lowest BCUT2D eigenvalue weighted by atomic mass is 10.1. The third kappa shape index (κ3) is 3.53. The second-order valence-corrected chi connectivity index (χ2v) is 3.31. The lowest BCUT2D eigenvalue weighted by Crippen LogP contribution is -1.84. The fourth-order valence-electron chi connectivity index (χ4n) is 1.12. The first kappa shape index (κ1) is 8.74. The van der Waals surface area contributed by atoms with E-state index in [2.05, 4.69) is 39.6 Å². The fourth-order valence-corrected chi connectivity index (χ4v) is 1.41. The van der Waals surface area contributed by atoms with Gasteiger partial charge in [0.05, 0.1) is 0 Å². The van der Waals surface area contributed by atoms with Crippen LogP contribution in [0.5, 0.6) is 0 Å². The molecule has 1 rings (SSSR count). The van der Waals surface area contributed by atoms with E-state index in [1.807, 2.05) is 0 Å². The molecular weight excluding hydrogens is 151 g/mol. The number of hydrogen-bond donors (Lipinski definition) is 0. The van der Waals surface area contributed by atoms with E-state index in [9.17, 15) is 0 Å². The van der Waals surface area contributed by atoms with E-state index >= 15 is 0 Å². The second-order valence-electron chi connectivity index (χ2n) is 2.73. The van der Waals surface area contributed by atoms with Crippen LogP contribution in [0, 0.1) is 0 Å². The Morgan fingerprint density at radius 1 is 1.00 bits per heavy atom. The normalized spacial score (nSPS) is 9.91. The van der Waals surface area contributed by atoms with E-state index in [-0.39, 0.29) is 0 Å². The molecule has 0 saturated carbocycles. The lowest BCUT2D eigenvalue weighted by Gasteiger charge is -1.98. The zero-order valence-electron chi connectivity index (χ0n) is 6.79. The van der Waals surface area contributed by atoms with Crippen LogP contribution in [0.4, 0.5) is 0 Å². The van der Waals surface area contributed by atoms with Crippen LogP contribution >= 0.6 is 9.24 Å². The van der Waals surface area contributed by atoms with Gasteiger partial charge in [0.15, 0.2) is 0 Å². The molecule has 0 spiro atoms. The van der Waals surface area contributed by atoms with Crippen LogP contribution in [0.15, 0.2) is 30.3 Å². The minimum Gasteiger partial charge on any atom is -0.138 e. The maximum absolute atomic E-state index is 2.77. The van der Waals surface area contributed by atoms with Gasteiger partial charge in [-0.3, -0.25) is 0 Å². The number of benzene rings is 1. The van der Waals surface area contributed by atoms with Gasteiger partial charge in [-0.25, -0.2) is 0 Å². The molecule has 11 heavy (non-hydrogen) atoms. The summed E-state index contributed by atoms with van der Waals surface area (Å²) in [6.45, 7) is 0. The number of hydrogen-bond acceptors (Lipinski definition) is 0. The topological polar surface area (TPSA) is 0 Å². The van der Waals surface area contributed by atoms with Crippen LogP contribution in [0.2, 0.25) is 0 Å². The Hall–Kier alpha value is -0.350. The van der Waals surface area contributed by atoms with Gasteiger partial charge in [-0.1, -0.05) is 30.3 Å². The smallest absolute Gasteiger partial charge is 0.0279 e. The highest BCUT2D eigenvalue weighted by atomic mass is 31.0. The Kier molecular flexibility index (Phi) is 4.23. The summed E-state index contributed by atoms with van der Waals surface area (Å²) in [5.74, 6) is 0. The molecule has 0 aromatic heterocycles. The van der Waals surface area contributed by atoms with Crippen LogP contribution in [0.25, 0.3) is 0 Å².